The lowest BCUT2D eigenvalue weighted by Crippen LogP contribution is -2.21. The molecule has 1 N–H and O–H groups in total. The zero-order valence-corrected chi connectivity index (χ0v) is 9.74. The molecule has 5 nitrogen and oxygen atoms in total. The summed E-state index contributed by atoms with van der Waals surface area (Å²) in [5, 5.41) is 2.71. The molecule has 2 heterocycles. The second-order valence-corrected chi connectivity index (χ2v) is 3.77. The Morgan fingerprint density at radius 3 is 2.89 bits per heavy atom. The van der Waals surface area contributed by atoms with Crippen molar-refractivity contribution in [2.45, 2.75) is 13.0 Å². The van der Waals surface area contributed by atoms with E-state index in [0.29, 0.717) is 12.2 Å². The van der Waals surface area contributed by atoms with Gasteiger partial charge in [0.25, 0.3) is 5.56 Å². The SMILES string of the molecule is O=C(CCn1ccccc1=O)Nc1cccnc1. The third-order valence-electron chi connectivity index (χ3n) is 2.42. The standard InChI is InChI=1S/C13H13N3O2/c17-12(15-11-4-3-7-14-10-11)6-9-16-8-2-1-5-13(16)18/h1-5,7-8,10H,6,9H2,(H,15,17). The van der Waals surface area contributed by atoms with E-state index in [1.165, 1.54) is 10.6 Å². The minimum Gasteiger partial charge on any atom is -0.325 e. The van der Waals surface area contributed by atoms with Gasteiger partial charge in [0, 0.05) is 31.4 Å². The smallest absolute Gasteiger partial charge is 0.250 e. The summed E-state index contributed by atoms with van der Waals surface area (Å²) in [4.78, 5) is 27.0. The van der Waals surface area contributed by atoms with Crippen molar-refractivity contribution in [3.05, 3.63) is 59.3 Å². The van der Waals surface area contributed by atoms with E-state index in [4.69, 9.17) is 0 Å². The molecule has 0 radical (unpaired) electrons. The lowest BCUT2D eigenvalue weighted by atomic mass is 10.3. The third kappa shape index (κ3) is 3.28. The van der Waals surface area contributed by atoms with E-state index in [-0.39, 0.29) is 17.9 Å². The fourth-order valence-electron chi connectivity index (χ4n) is 1.53. The van der Waals surface area contributed by atoms with Crippen molar-refractivity contribution in [1.82, 2.24) is 9.55 Å². The highest BCUT2D eigenvalue weighted by molar-refractivity contribution is 5.90. The molecule has 0 aliphatic rings. The molecule has 92 valence electrons. The van der Waals surface area contributed by atoms with Crippen LogP contribution in [0.4, 0.5) is 5.69 Å². The van der Waals surface area contributed by atoms with E-state index in [2.05, 4.69) is 10.3 Å². The molecule has 0 spiro atoms. The number of amides is 1. The van der Waals surface area contributed by atoms with E-state index >= 15 is 0 Å². The molecular formula is C13H13N3O2. The average Bonchev–Trinajstić information content (AvgIpc) is 2.39. The lowest BCUT2D eigenvalue weighted by molar-refractivity contribution is -0.116. The molecule has 2 rings (SSSR count). The molecule has 0 unspecified atom stereocenters. The number of aromatic nitrogens is 2. The molecule has 2 aromatic heterocycles. The van der Waals surface area contributed by atoms with Crippen LogP contribution in [-0.2, 0) is 11.3 Å². The van der Waals surface area contributed by atoms with E-state index in [1.807, 2.05) is 0 Å². The summed E-state index contributed by atoms with van der Waals surface area (Å²) in [6.07, 6.45) is 5.13. The molecule has 0 bridgehead atoms. The first-order chi connectivity index (χ1) is 8.75. The quantitative estimate of drug-likeness (QED) is 0.879. The molecule has 0 saturated heterocycles. The Hall–Kier alpha value is -2.43. The van der Waals surface area contributed by atoms with Crippen molar-refractivity contribution in [2.75, 3.05) is 5.32 Å². The second-order valence-electron chi connectivity index (χ2n) is 3.77. The molecule has 0 atom stereocenters. The van der Waals surface area contributed by atoms with Crippen LogP contribution in [0.3, 0.4) is 0 Å². The van der Waals surface area contributed by atoms with Gasteiger partial charge in [-0.25, -0.2) is 0 Å². The molecule has 1 amide bonds. The van der Waals surface area contributed by atoms with Gasteiger partial charge in [-0.05, 0) is 18.2 Å². The third-order valence-corrected chi connectivity index (χ3v) is 2.42. The number of hydrogen-bond acceptors (Lipinski definition) is 3. The molecule has 5 heteroatoms. The first kappa shape index (κ1) is 12.0. The Labute approximate surface area is 104 Å². The number of hydrogen-bond donors (Lipinski definition) is 1. The highest BCUT2D eigenvalue weighted by atomic mass is 16.1. The Morgan fingerprint density at radius 1 is 1.28 bits per heavy atom. The molecule has 0 aliphatic heterocycles. The zero-order valence-electron chi connectivity index (χ0n) is 9.74. The largest absolute Gasteiger partial charge is 0.325 e. The number of pyridine rings is 2. The van der Waals surface area contributed by atoms with Gasteiger partial charge in [-0.3, -0.25) is 14.6 Å². The molecule has 2 aromatic rings. The van der Waals surface area contributed by atoms with Crippen LogP contribution in [0.5, 0.6) is 0 Å². The van der Waals surface area contributed by atoms with Crippen molar-refractivity contribution in [2.24, 2.45) is 0 Å². The van der Waals surface area contributed by atoms with Gasteiger partial charge in [-0.2, -0.15) is 0 Å². The van der Waals surface area contributed by atoms with Gasteiger partial charge in [0.2, 0.25) is 5.91 Å². The van der Waals surface area contributed by atoms with Crippen molar-refractivity contribution in [1.29, 1.82) is 0 Å². The molecule has 0 fully saturated rings. The number of nitrogens with one attached hydrogen (secondary N) is 1. The van der Waals surface area contributed by atoms with Gasteiger partial charge in [0.1, 0.15) is 0 Å². The van der Waals surface area contributed by atoms with Crippen molar-refractivity contribution >= 4 is 11.6 Å². The molecule has 0 aromatic carbocycles. The fourth-order valence-corrected chi connectivity index (χ4v) is 1.53. The minimum atomic E-state index is -0.140. The van der Waals surface area contributed by atoms with Crippen LogP contribution in [-0.4, -0.2) is 15.5 Å². The maximum Gasteiger partial charge on any atom is 0.250 e. The summed E-state index contributed by atoms with van der Waals surface area (Å²) in [5.41, 5.74) is 0.551. The van der Waals surface area contributed by atoms with Crippen molar-refractivity contribution in [3.8, 4) is 0 Å². The molecule has 0 saturated carbocycles. The van der Waals surface area contributed by atoms with Crippen LogP contribution >= 0.6 is 0 Å². The van der Waals surface area contributed by atoms with Crippen LogP contribution in [0, 0.1) is 0 Å². The number of anilines is 1. The number of rotatable bonds is 4. The zero-order chi connectivity index (χ0) is 12.8. The van der Waals surface area contributed by atoms with Gasteiger partial charge < -0.3 is 9.88 Å². The number of carbonyl (C=O) groups excluding carboxylic acids is 1. The van der Waals surface area contributed by atoms with Crippen LogP contribution in [0.1, 0.15) is 6.42 Å². The van der Waals surface area contributed by atoms with Gasteiger partial charge in [0.05, 0.1) is 11.9 Å². The maximum atomic E-state index is 11.6. The molecule has 18 heavy (non-hydrogen) atoms. The minimum absolute atomic E-state index is 0.105. The predicted molar refractivity (Wildman–Crippen MR) is 68.2 cm³/mol. The van der Waals surface area contributed by atoms with Crippen LogP contribution in [0.25, 0.3) is 0 Å². The Bertz CT molecular complexity index is 578. The number of nitrogens with zero attached hydrogens (tertiary/aromatic N) is 2. The molecule has 0 aliphatic carbocycles. The topological polar surface area (TPSA) is 64.0 Å². The van der Waals surface area contributed by atoms with Gasteiger partial charge in [-0.15, -0.1) is 0 Å². The Kier molecular flexibility index (Phi) is 3.86. The van der Waals surface area contributed by atoms with Gasteiger partial charge in [-0.1, -0.05) is 6.07 Å². The monoisotopic (exact) mass is 243 g/mol. The summed E-state index contributed by atoms with van der Waals surface area (Å²) in [7, 11) is 0. The number of carbonyl (C=O) groups is 1. The van der Waals surface area contributed by atoms with Crippen molar-refractivity contribution < 1.29 is 4.79 Å². The summed E-state index contributed by atoms with van der Waals surface area (Å²) in [6.45, 7) is 0.367. The van der Waals surface area contributed by atoms with Crippen LogP contribution in [0.15, 0.2) is 53.7 Å². The predicted octanol–water partition coefficient (Wildman–Crippen LogP) is 1.27. The fraction of sp³-hybridized carbons (Fsp3) is 0.154. The Balaban J connectivity index is 1.90. The second kappa shape index (κ2) is 5.77. The first-order valence-corrected chi connectivity index (χ1v) is 5.61. The maximum absolute atomic E-state index is 11.6. The molecular weight excluding hydrogens is 230 g/mol. The summed E-state index contributed by atoms with van der Waals surface area (Å²) in [6, 6.07) is 8.42. The van der Waals surface area contributed by atoms with Gasteiger partial charge >= 0.3 is 0 Å². The Morgan fingerprint density at radius 2 is 2.17 bits per heavy atom. The van der Waals surface area contributed by atoms with Crippen LogP contribution < -0.4 is 10.9 Å². The van der Waals surface area contributed by atoms with E-state index in [1.54, 1.807) is 42.9 Å². The highest BCUT2D eigenvalue weighted by Crippen LogP contribution is 2.03. The van der Waals surface area contributed by atoms with Gasteiger partial charge in [0.15, 0.2) is 0 Å². The first-order valence-electron chi connectivity index (χ1n) is 5.61. The number of aryl methyl sites for hydroxylation is 1. The van der Waals surface area contributed by atoms with Crippen molar-refractivity contribution in [3.63, 3.8) is 0 Å². The van der Waals surface area contributed by atoms with E-state index in [9.17, 15) is 9.59 Å². The summed E-state index contributed by atoms with van der Waals surface area (Å²) < 4.78 is 1.50. The average molecular weight is 243 g/mol. The normalized spacial score (nSPS) is 10.0. The van der Waals surface area contributed by atoms with E-state index < -0.39 is 0 Å². The van der Waals surface area contributed by atoms with E-state index in [0.717, 1.165) is 0 Å². The summed E-state index contributed by atoms with van der Waals surface area (Å²) in [5.74, 6) is -0.140. The van der Waals surface area contributed by atoms with Crippen LogP contribution in [0.2, 0.25) is 0 Å². The lowest BCUT2D eigenvalue weighted by Gasteiger charge is -2.06. The highest BCUT2D eigenvalue weighted by Gasteiger charge is 2.03. The summed E-state index contributed by atoms with van der Waals surface area (Å²) >= 11 is 0.